The summed E-state index contributed by atoms with van der Waals surface area (Å²) in [6.07, 6.45) is 0. The van der Waals surface area contributed by atoms with E-state index in [4.69, 9.17) is 0 Å². The third kappa shape index (κ3) is 3.32. The van der Waals surface area contributed by atoms with Gasteiger partial charge in [0, 0.05) is 31.7 Å². The van der Waals surface area contributed by atoms with Crippen molar-refractivity contribution in [2.24, 2.45) is 0 Å². The van der Waals surface area contributed by atoms with Crippen LogP contribution in [0.15, 0.2) is 59.5 Å². The van der Waals surface area contributed by atoms with E-state index in [1.54, 1.807) is 35.2 Å². The molecule has 1 aliphatic heterocycles. The van der Waals surface area contributed by atoms with E-state index in [2.05, 4.69) is 0 Å². The molecule has 0 aliphatic carbocycles. The van der Waals surface area contributed by atoms with Crippen LogP contribution in [0.4, 0.5) is 4.39 Å². The molecule has 1 amide bonds. The Kier molecular flexibility index (Phi) is 4.64. The van der Waals surface area contributed by atoms with E-state index in [-0.39, 0.29) is 23.9 Å². The molecule has 0 aromatic heterocycles. The van der Waals surface area contributed by atoms with Gasteiger partial charge in [-0.25, -0.2) is 12.8 Å². The van der Waals surface area contributed by atoms with Crippen LogP contribution in [-0.2, 0) is 10.0 Å². The normalized spacial score (nSPS) is 16.1. The van der Waals surface area contributed by atoms with Gasteiger partial charge in [0.05, 0.1) is 4.90 Å². The summed E-state index contributed by atoms with van der Waals surface area (Å²) in [4.78, 5) is 14.2. The summed E-state index contributed by atoms with van der Waals surface area (Å²) in [7, 11) is -3.54. The lowest BCUT2D eigenvalue weighted by Crippen LogP contribution is -2.50. The van der Waals surface area contributed by atoms with Crippen LogP contribution in [0.25, 0.3) is 0 Å². The second kappa shape index (κ2) is 6.70. The molecule has 0 spiro atoms. The van der Waals surface area contributed by atoms with Crippen molar-refractivity contribution >= 4 is 15.9 Å². The van der Waals surface area contributed by atoms with Crippen LogP contribution in [0, 0.1) is 5.82 Å². The summed E-state index contributed by atoms with van der Waals surface area (Å²) in [6.45, 7) is 1.10. The van der Waals surface area contributed by atoms with Crippen LogP contribution in [-0.4, -0.2) is 49.7 Å². The maximum atomic E-state index is 12.9. The van der Waals surface area contributed by atoms with Crippen LogP contribution >= 0.6 is 0 Å². The van der Waals surface area contributed by atoms with Crippen molar-refractivity contribution in [2.75, 3.05) is 26.2 Å². The van der Waals surface area contributed by atoms with Gasteiger partial charge >= 0.3 is 0 Å². The summed E-state index contributed by atoms with van der Waals surface area (Å²) >= 11 is 0. The fraction of sp³-hybridized carbons (Fsp3) is 0.235. The first-order valence-corrected chi connectivity index (χ1v) is 9.02. The largest absolute Gasteiger partial charge is 0.336 e. The van der Waals surface area contributed by atoms with Crippen molar-refractivity contribution in [1.82, 2.24) is 9.21 Å². The SMILES string of the molecule is O=C(c1ccc(F)cc1)N1CCN(S(=O)(=O)c2ccccc2)CC1. The minimum absolute atomic E-state index is 0.216. The van der Waals surface area contributed by atoms with Gasteiger partial charge in [0.15, 0.2) is 0 Å². The van der Waals surface area contributed by atoms with E-state index in [0.29, 0.717) is 18.7 Å². The molecule has 24 heavy (non-hydrogen) atoms. The van der Waals surface area contributed by atoms with Crippen LogP contribution in [0.3, 0.4) is 0 Å². The zero-order chi connectivity index (χ0) is 17.2. The third-order valence-corrected chi connectivity index (χ3v) is 5.91. The van der Waals surface area contributed by atoms with E-state index < -0.39 is 15.8 Å². The highest BCUT2D eigenvalue weighted by atomic mass is 32.2. The number of hydrogen-bond acceptors (Lipinski definition) is 3. The lowest BCUT2D eigenvalue weighted by Gasteiger charge is -2.34. The quantitative estimate of drug-likeness (QED) is 0.852. The fourth-order valence-electron chi connectivity index (χ4n) is 2.65. The lowest BCUT2D eigenvalue weighted by atomic mass is 10.2. The van der Waals surface area contributed by atoms with E-state index in [9.17, 15) is 17.6 Å². The van der Waals surface area contributed by atoms with Gasteiger partial charge in [-0.15, -0.1) is 0 Å². The number of sulfonamides is 1. The molecule has 1 saturated heterocycles. The Morgan fingerprint density at radius 3 is 2.04 bits per heavy atom. The molecule has 7 heteroatoms. The van der Waals surface area contributed by atoms with Gasteiger partial charge in [-0.3, -0.25) is 4.79 Å². The number of nitrogens with zero attached hydrogens (tertiary/aromatic N) is 2. The molecule has 2 aromatic carbocycles. The number of carbonyl (C=O) groups is 1. The molecule has 0 bridgehead atoms. The van der Waals surface area contributed by atoms with Crippen LogP contribution < -0.4 is 0 Å². The zero-order valence-electron chi connectivity index (χ0n) is 12.9. The Bertz CT molecular complexity index is 815. The maximum absolute atomic E-state index is 12.9. The minimum atomic E-state index is -3.54. The van der Waals surface area contributed by atoms with Crippen molar-refractivity contribution in [3.8, 4) is 0 Å². The number of benzene rings is 2. The van der Waals surface area contributed by atoms with Crippen molar-refractivity contribution < 1.29 is 17.6 Å². The number of hydrogen-bond donors (Lipinski definition) is 0. The second-order valence-corrected chi connectivity index (χ2v) is 7.45. The number of rotatable bonds is 3. The molecule has 0 radical (unpaired) electrons. The summed E-state index contributed by atoms with van der Waals surface area (Å²) in [5, 5.41) is 0. The number of piperazine rings is 1. The first kappa shape index (κ1) is 16.6. The molecular weight excluding hydrogens is 331 g/mol. The Morgan fingerprint density at radius 2 is 1.46 bits per heavy atom. The highest BCUT2D eigenvalue weighted by Gasteiger charge is 2.30. The molecule has 1 fully saturated rings. The van der Waals surface area contributed by atoms with E-state index >= 15 is 0 Å². The highest BCUT2D eigenvalue weighted by Crippen LogP contribution is 2.18. The Hall–Kier alpha value is -2.25. The molecule has 3 rings (SSSR count). The minimum Gasteiger partial charge on any atom is -0.336 e. The van der Waals surface area contributed by atoms with Gasteiger partial charge in [-0.1, -0.05) is 18.2 Å². The molecule has 0 N–H and O–H groups in total. The van der Waals surface area contributed by atoms with Crippen LogP contribution in [0.1, 0.15) is 10.4 Å². The zero-order valence-corrected chi connectivity index (χ0v) is 13.7. The van der Waals surface area contributed by atoms with Crippen molar-refractivity contribution in [1.29, 1.82) is 0 Å². The molecule has 0 atom stereocenters. The van der Waals surface area contributed by atoms with Gasteiger partial charge in [-0.05, 0) is 36.4 Å². The topological polar surface area (TPSA) is 57.7 Å². The van der Waals surface area contributed by atoms with Gasteiger partial charge in [0.2, 0.25) is 10.0 Å². The predicted octanol–water partition coefficient (Wildman–Crippen LogP) is 1.97. The maximum Gasteiger partial charge on any atom is 0.253 e. The number of carbonyl (C=O) groups excluding carboxylic acids is 1. The second-order valence-electron chi connectivity index (χ2n) is 5.52. The molecular formula is C17H17FN2O3S. The number of amides is 1. The smallest absolute Gasteiger partial charge is 0.253 e. The van der Waals surface area contributed by atoms with Crippen molar-refractivity contribution in [2.45, 2.75) is 4.90 Å². The Labute approximate surface area is 140 Å². The van der Waals surface area contributed by atoms with Gasteiger partial charge in [0.1, 0.15) is 5.82 Å². The van der Waals surface area contributed by atoms with Gasteiger partial charge in [0.25, 0.3) is 5.91 Å². The molecule has 5 nitrogen and oxygen atoms in total. The first-order valence-electron chi connectivity index (χ1n) is 7.58. The summed E-state index contributed by atoms with van der Waals surface area (Å²) in [5.74, 6) is -0.614. The molecule has 1 heterocycles. The van der Waals surface area contributed by atoms with Crippen LogP contribution in [0.5, 0.6) is 0 Å². The van der Waals surface area contributed by atoms with E-state index in [1.165, 1.54) is 28.6 Å². The molecule has 126 valence electrons. The molecule has 0 unspecified atom stereocenters. The average molecular weight is 348 g/mol. The monoisotopic (exact) mass is 348 g/mol. The Morgan fingerprint density at radius 1 is 0.875 bits per heavy atom. The highest BCUT2D eigenvalue weighted by molar-refractivity contribution is 7.89. The van der Waals surface area contributed by atoms with E-state index in [1.807, 2.05) is 0 Å². The van der Waals surface area contributed by atoms with Crippen LogP contribution in [0.2, 0.25) is 0 Å². The average Bonchev–Trinajstić information content (AvgIpc) is 2.62. The lowest BCUT2D eigenvalue weighted by molar-refractivity contribution is 0.0698. The van der Waals surface area contributed by atoms with Gasteiger partial charge < -0.3 is 4.90 Å². The fourth-order valence-corrected chi connectivity index (χ4v) is 4.09. The molecule has 2 aromatic rings. The third-order valence-electron chi connectivity index (χ3n) is 4.00. The Balaban J connectivity index is 1.67. The summed E-state index contributed by atoms with van der Waals surface area (Å²) in [5.41, 5.74) is 0.399. The number of halogens is 1. The summed E-state index contributed by atoms with van der Waals surface area (Å²) < 4.78 is 39.4. The predicted molar refractivity (Wildman–Crippen MR) is 87.5 cm³/mol. The standard InChI is InChI=1S/C17H17FN2O3S/c18-15-8-6-14(7-9-15)17(21)19-10-12-20(13-11-19)24(22,23)16-4-2-1-3-5-16/h1-9H,10-13H2. The van der Waals surface area contributed by atoms with Gasteiger partial charge in [-0.2, -0.15) is 4.31 Å². The first-order chi connectivity index (χ1) is 11.5. The molecule has 0 saturated carbocycles. The molecule has 1 aliphatic rings. The van der Waals surface area contributed by atoms with E-state index in [0.717, 1.165) is 0 Å². The summed E-state index contributed by atoms with van der Waals surface area (Å²) in [6, 6.07) is 13.6. The van der Waals surface area contributed by atoms with Crippen molar-refractivity contribution in [3.05, 3.63) is 66.0 Å². The van der Waals surface area contributed by atoms with Crippen molar-refractivity contribution in [3.63, 3.8) is 0 Å².